The fourth-order valence-corrected chi connectivity index (χ4v) is 3.69. The van der Waals surface area contributed by atoms with Crippen molar-refractivity contribution in [1.82, 2.24) is 20.1 Å². The first kappa shape index (κ1) is 19.4. The van der Waals surface area contributed by atoms with Gasteiger partial charge in [0.05, 0.1) is 11.7 Å². The van der Waals surface area contributed by atoms with Crippen LogP contribution in [0.3, 0.4) is 0 Å². The molecule has 29 heavy (non-hydrogen) atoms. The standard InChI is InChI=1S/C23H28N4O2/c1-13-6-8-17(9-7-13)16(4)24-19(28)12-29-23-15(3)14(2)20-21(18-10-11-18)26-27(5)22(20)25-23/h6-9,16,18H,10-12H2,1-5H3,(H,24,28)/t16-/m0/s1. The number of nitrogens with zero attached hydrogens (tertiary/aromatic N) is 3. The van der Waals surface area contributed by atoms with Crippen LogP contribution in [0.4, 0.5) is 0 Å². The number of ether oxygens (including phenoxy) is 1. The van der Waals surface area contributed by atoms with Crippen LogP contribution in [0.1, 0.15) is 59.7 Å². The Morgan fingerprint density at radius 1 is 1.21 bits per heavy atom. The minimum atomic E-state index is -0.166. The number of hydrogen-bond acceptors (Lipinski definition) is 4. The van der Waals surface area contributed by atoms with Crippen LogP contribution in [0.5, 0.6) is 5.88 Å². The van der Waals surface area contributed by atoms with Gasteiger partial charge in [-0.2, -0.15) is 10.1 Å². The van der Waals surface area contributed by atoms with Gasteiger partial charge in [0.15, 0.2) is 12.3 Å². The predicted octanol–water partition coefficient (Wildman–Crippen LogP) is 4.03. The van der Waals surface area contributed by atoms with Gasteiger partial charge in [-0.05, 0) is 51.7 Å². The molecule has 0 bridgehead atoms. The Morgan fingerprint density at radius 2 is 1.90 bits per heavy atom. The Morgan fingerprint density at radius 3 is 2.55 bits per heavy atom. The third-order valence-corrected chi connectivity index (χ3v) is 5.77. The molecule has 0 saturated heterocycles. The zero-order chi connectivity index (χ0) is 20.7. The van der Waals surface area contributed by atoms with Crippen molar-refractivity contribution in [3.05, 3.63) is 52.2 Å². The lowest BCUT2D eigenvalue weighted by Gasteiger charge is -2.16. The zero-order valence-electron chi connectivity index (χ0n) is 17.7. The molecule has 6 heteroatoms. The van der Waals surface area contributed by atoms with Gasteiger partial charge in [-0.15, -0.1) is 0 Å². The summed E-state index contributed by atoms with van der Waals surface area (Å²) in [4.78, 5) is 17.1. The van der Waals surface area contributed by atoms with Crippen LogP contribution in [-0.2, 0) is 11.8 Å². The first-order chi connectivity index (χ1) is 13.8. The Balaban J connectivity index is 1.48. The van der Waals surface area contributed by atoms with E-state index >= 15 is 0 Å². The second-order valence-electron chi connectivity index (χ2n) is 8.14. The van der Waals surface area contributed by atoms with Crippen LogP contribution in [0.25, 0.3) is 11.0 Å². The first-order valence-electron chi connectivity index (χ1n) is 10.2. The van der Waals surface area contributed by atoms with Gasteiger partial charge in [-0.1, -0.05) is 29.8 Å². The van der Waals surface area contributed by atoms with E-state index < -0.39 is 0 Å². The number of carbonyl (C=O) groups excluding carboxylic acids is 1. The fourth-order valence-electron chi connectivity index (χ4n) is 3.69. The number of pyridine rings is 1. The van der Waals surface area contributed by atoms with Gasteiger partial charge in [0, 0.05) is 23.9 Å². The van der Waals surface area contributed by atoms with Gasteiger partial charge in [0.1, 0.15) is 0 Å². The number of benzene rings is 1. The number of fused-ring (bicyclic) bond motifs is 1. The summed E-state index contributed by atoms with van der Waals surface area (Å²) in [6, 6.07) is 8.07. The summed E-state index contributed by atoms with van der Waals surface area (Å²) in [6.07, 6.45) is 2.39. The lowest BCUT2D eigenvalue weighted by molar-refractivity contribution is -0.123. The third kappa shape index (κ3) is 3.84. The molecule has 1 aliphatic carbocycles. The zero-order valence-corrected chi connectivity index (χ0v) is 17.7. The summed E-state index contributed by atoms with van der Waals surface area (Å²) in [5, 5.41) is 8.81. The summed E-state index contributed by atoms with van der Waals surface area (Å²) in [6.45, 7) is 8.03. The normalized spacial score (nSPS) is 14.8. The van der Waals surface area contributed by atoms with Crippen molar-refractivity contribution in [3.8, 4) is 5.88 Å². The lowest BCUT2D eigenvalue weighted by atomic mass is 10.1. The number of aromatic nitrogens is 3. The molecule has 4 rings (SSSR count). The minimum absolute atomic E-state index is 0.0671. The monoisotopic (exact) mass is 392 g/mol. The van der Waals surface area contributed by atoms with Crippen LogP contribution in [0.15, 0.2) is 24.3 Å². The van der Waals surface area contributed by atoms with Crippen molar-refractivity contribution in [3.63, 3.8) is 0 Å². The van der Waals surface area contributed by atoms with Gasteiger partial charge >= 0.3 is 0 Å². The van der Waals surface area contributed by atoms with Crippen LogP contribution < -0.4 is 10.1 Å². The molecular formula is C23H28N4O2. The third-order valence-electron chi connectivity index (χ3n) is 5.77. The van der Waals surface area contributed by atoms with Crippen LogP contribution >= 0.6 is 0 Å². The Labute approximate surface area is 171 Å². The molecule has 2 heterocycles. The van der Waals surface area contributed by atoms with E-state index in [0.717, 1.165) is 33.4 Å². The summed E-state index contributed by atoms with van der Waals surface area (Å²) in [5.74, 6) is 0.888. The van der Waals surface area contributed by atoms with Gasteiger partial charge in [-0.25, -0.2) is 0 Å². The van der Waals surface area contributed by atoms with E-state index in [9.17, 15) is 4.79 Å². The summed E-state index contributed by atoms with van der Waals surface area (Å²) < 4.78 is 7.64. The van der Waals surface area contributed by atoms with Crippen molar-refractivity contribution in [2.45, 2.75) is 52.5 Å². The first-order valence-corrected chi connectivity index (χ1v) is 10.2. The van der Waals surface area contributed by atoms with E-state index in [1.165, 1.54) is 18.4 Å². The fraction of sp³-hybridized carbons (Fsp3) is 0.435. The smallest absolute Gasteiger partial charge is 0.258 e. The SMILES string of the molecule is Cc1ccc([C@H](C)NC(=O)COc2nc3c(c(C4CC4)nn3C)c(C)c2C)cc1. The number of hydrogen-bond donors (Lipinski definition) is 1. The average molecular weight is 393 g/mol. The van der Waals surface area contributed by atoms with Crippen LogP contribution in [0.2, 0.25) is 0 Å². The highest BCUT2D eigenvalue weighted by molar-refractivity contribution is 5.85. The summed E-state index contributed by atoms with van der Waals surface area (Å²) in [7, 11) is 1.91. The quantitative estimate of drug-likeness (QED) is 0.688. The highest BCUT2D eigenvalue weighted by Crippen LogP contribution is 2.43. The lowest BCUT2D eigenvalue weighted by Crippen LogP contribution is -2.31. The number of amides is 1. The van der Waals surface area contributed by atoms with Crippen molar-refractivity contribution in [1.29, 1.82) is 0 Å². The summed E-state index contributed by atoms with van der Waals surface area (Å²) in [5.41, 5.74) is 6.33. The Bertz CT molecular complexity index is 1060. The maximum absolute atomic E-state index is 12.4. The number of carbonyl (C=O) groups is 1. The molecule has 0 aliphatic heterocycles. The number of rotatable bonds is 6. The molecule has 1 atom stereocenters. The molecule has 3 aromatic rings. The maximum atomic E-state index is 12.4. The summed E-state index contributed by atoms with van der Waals surface area (Å²) >= 11 is 0. The van der Waals surface area contributed by atoms with E-state index in [1.54, 1.807) is 0 Å². The van der Waals surface area contributed by atoms with Crippen molar-refractivity contribution in [2.75, 3.05) is 6.61 Å². The highest BCUT2D eigenvalue weighted by Gasteiger charge is 2.30. The van der Waals surface area contributed by atoms with E-state index in [2.05, 4.69) is 22.3 Å². The van der Waals surface area contributed by atoms with E-state index in [0.29, 0.717) is 11.8 Å². The van der Waals surface area contributed by atoms with Gasteiger partial charge in [0.25, 0.3) is 5.91 Å². The molecule has 2 aromatic heterocycles. The molecule has 1 fully saturated rings. The average Bonchev–Trinajstić information content (AvgIpc) is 3.48. The van der Waals surface area contributed by atoms with Gasteiger partial charge in [0.2, 0.25) is 5.88 Å². The predicted molar refractivity (Wildman–Crippen MR) is 113 cm³/mol. The second kappa shape index (κ2) is 7.50. The maximum Gasteiger partial charge on any atom is 0.258 e. The molecule has 1 N–H and O–H groups in total. The van der Waals surface area contributed by atoms with E-state index in [4.69, 9.17) is 4.74 Å². The Kier molecular flexibility index (Phi) is 5.03. The molecular weight excluding hydrogens is 364 g/mol. The van der Waals surface area contributed by atoms with Crippen molar-refractivity contribution >= 4 is 16.9 Å². The molecule has 152 valence electrons. The molecule has 0 radical (unpaired) electrons. The number of aryl methyl sites for hydroxylation is 3. The molecule has 0 unspecified atom stereocenters. The molecule has 1 aromatic carbocycles. The molecule has 1 amide bonds. The Hall–Kier alpha value is -2.89. The minimum Gasteiger partial charge on any atom is -0.467 e. The molecule has 6 nitrogen and oxygen atoms in total. The second-order valence-corrected chi connectivity index (χ2v) is 8.14. The van der Waals surface area contributed by atoms with Crippen LogP contribution in [-0.4, -0.2) is 27.3 Å². The van der Waals surface area contributed by atoms with Crippen molar-refractivity contribution < 1.29 is 9.53 Å². The highest BCUT2D eigenvalue weighted by atomic mass is 16.5. The van der Waals surface area contributed by atoms with Crippen molar-refractivity contribution in [2.24, 2.45) is 7.05 Å². The van der Waals surface area contributed by atoms with E-state index in [-0.39, 0.29) is 18.6 Å². The molecule has 0 spiro atoms. The van der Waals surface area contributed by atoms with Gasteiger partial charge in [-0.3, -0.25) is 9.48 Å². The largest absolute Gasteiger partial charge is 0.467 e. The van der Waals surface area contributed by atoms with Gasteiger partial charge < -0.3 is 10.1 Å². The number of nitrogens with one attached hydrogen (secondary N) is 1. The molecule has 1 aliphatic rings. The topological polar surface area (TPSA) is 69.0 Å². The van der Waals surface area contributed by atoms with Crippen LogP contribution in [0, 0.1) is 20.8 Å². The van der Waals surface area contributed by atoms with E-state index in [1.807, 2.05) is 56.8 Å². The molecule has 1 saturated carbocycles.